The minimum Gasteiger partial charge on any atom is -0.326 e. The molecular formula is C22H22N4O3. The lowest BCUT2D eigenvalue weighted by atomic mass is 10.0. The molecule has 0 unspecified atom stereocenters. The van der Waals surface area contributed by atoms with E-state index in [0.717, 1.165) is 21.4 Å². The highest BCUT2D eigenvalue weighted by atomic mass is 16.2. The number of nitrogens with zero attached hydrogens (tertiary/aromatic N) is 2. The van der Waals surface area contributed by atoms with Gasteiger partial charge in [-0.15, -0.1) is 0 Å². The van der Waals surface area contributed by atoms with Crippen LogP contribution in [0, 0.1) is 13.8 Å². The van der Waals surface area contributed by atoms with Crippen molar-refractivity contribution in [2.45, 2.75) is 27.3 Å². The van der Waals surface area contributed by atoms with Gasteiger partial charge in [0.2, 0.25) is 11.8 Å². The van der Waals surface area contributed by atoms with Gasteiger partial charge in [-0.25, -0.2) is 4.68 Å². The largest absolute Gasteiger partial charge is 0.326 e. The summed E-state index contributed by atoms with van der Waals surface area (Å²) in [6.45, 7) is 5.19. The second-order valence-electron chi connectivity index (χ2n) is 6.84. The van der Waals surface area contributed by atoms with E-state index in [1.54, 1.807) is 30.3 Å². The summed E-state index contributed by atoms with van der Waals surface area (Å²) in [5.74, 6) is -0.541. The van der Waals surface area contributed by atoms with E-state index in [1.165, 1.54) is 13.0 Å². The fourth-order valence-electron chi connectivity index (χ4n) is 2.89. The topological polar surface area (TPSA) is 93.1 Å². The standard InChI is InChI=1S/C22H22N4O3/c1-14-4-5-15(2)19(12-14)20-10-11-22(29)26(25-20)13-21(28)24-18-8-6-17(7-9-18)23-16(3)27/h4-12H,13H2,1-3H3,(H,23,27)(H,24,28). The second kappa shape index (κ2) is 8.52. The van der Waals surface area contributed by atoms with E-state index in [4.69, 9.17) is 0 Å². The van der Waals surface area contributed by atoms with E-state index >= 15 is 0 Å². The smallest absolute Gasteiger partial charge is 0.267 e. The number of aromatic nitrogens is 2. The van der Waals surface area contributed by atoms with E-state index in [0.29, 0.717) is 17.1 Å². The lowest BCUT2D eigenvalue weighted by Gasteiger charge is -2.10. The number of amides is 2. The van der Waals surface area contributed by atoms with Gasteiger partial charge in [0.1, 0.15) is 6.54 Å². The SMILES string of the molecule is CC(=O)Nc1ccc(NC(=O)Cn2nc(-c3cc(C)ccc3C)ccc2=O)cc1. The van der Waals surface area contributed by atoms with Crippen LogP contribution in [0.1, 0.15) is 18.1 Å². The normalized spacial score (nSPS) is 10.4. The Bertz CT molecular complexity index is 1120. The second-order valence-corrected chi connectivity index (χ2v) is 6.84. The van der Waals surface area contributed by atoms with Gasteiger partial charge in [0, 0.05) is 29.9 Å². The zero-order valence-corrected chi connectivity index (χ0v) is 16.5. The Balaban J connectivity index is 1.76. The summed E-state index contributed by atoms with van der Waals surface area (Å²) < 4.78 is 1.15. The maximum atomic E-state index is 12.4. The first-order valence-corrected chi connectivity index (χ1v) is 9.15. The Morgan fingerprint density at radius 3 is 2.24 bits per heavy atom. The van der Waals surface area contributed by atoms with Crippen molar-refractivity contribution in [2.24, 2.45) is 0 Å². The molecule has 0 aliphatic rings. The van der Waals surface area contributed by atoms with Crippen LogP contribution >= 0.6 is 0 Å². The molecule has 0 fully saturated rings. The molecule has 29 heavy (non-hydrogen) atoms. The number of nitrogens with one attached hydrogen (secondary N) is 2. The molecule has 0 spiro atoms. The van der Waals surface area contributed by atoms with Gasteiger partial charge in [0.25, 0.3) is 5.56 Å². The van der Waals surface area contributed by atoms with E-state index < -0.39 is 0 Å². The Labute approximate surface area is 168 Å². The van der Waals surface area contributed by atoms with Crippen LogP contribution in [0.5, 0.6) is 0 Å². The van der Waals surface area contributed by atoms with Gasteiger partial charge in [0.05, 0.1) is 5.69 Å². The molecule has 0 saturated carbocycles. The molecule has 3 rings (SSSR count). The maximum Gasteiger partial charge on any atom is 0.267 e. The Kier molecular flexibility index (Phi) is 5.87. The van der Waals surface area contributed by atoms with Crippen LogP contribution in [0.3, 0.4) is 0 Å². The molecule has 3 aromatic rings. The van der Waals surface area contributed by atoms with Crippen LogP contribution in [0.15, 0.2) is 59.4 Å². The van der Waals surface area contributed by atoms with Crippen molar-refractivity contribution in [3.63, 3.8) is 0 Å². The summed E-state index contributed by atoms with van der Waals surface area (Å²) in [5, 5.41) is 9.75. The summed E-state index contributed by atoms with van der Waals surface area (Å²) in [7, 11) is 0. The fraction of sp³-hybridized carbons (Fsp3) is 0.182. The first-order valence-electron chi connectivity index (χ1n) is 9.15. The average Bonchev–Trinajstić information content (AvgIpc) is 2.67. The number of hydrogen-bond donors (Lipinski definition) is 2. The van der Waals surface area contributed by atoms with Crippen LogP contribution in [0.4, 0.5) is 11.4 Å². The van der Waals surface area contributed by atoms with Crippen LogP contribution in [0.25, 0.3) is 11.3 Å². The maximum absolute atomic E-state index is 12.4. The highest BCUT2D eigenvalue weighted by molar-refractivity contribution is 5.92. The lowest BCUT2D eigenvalue weighted by Crippen LogP contribution is -2.29. The molecule has 0 bridgehead atoms. The van der Waals surface area contributed by atoms with E-state index in [2.05, 4.69) is 15.7 Å². The van der Waals surface area contributed by atoms with Crippen LogP contribution in [0.2, 0.25) is 0 Å². The van der Waals surface area contributed by atoms with Crippen LogP contribution in [-0.4, -0.2) is 21.6 Å². The van der Waals surface area contributed by atoms with Gasteiger partial charge in [-0.3, -0.25) is 14.4 Å². The third-order valence-corrected chi connectivity index (χ3v) is 4.32. The zero-order chi connectivity index (χ0) is 21.0. The van der Waals surface area contributed by atoms with Crippen molar-refractivity contribution in [1.29, 1.82) is 0 Å². The van der Waals surface area contributed by atoms with Crippen molar-refractivity contribution >= 4 is 23.2 Å². The molecule has 2 aromatic carbocycles. The van der Waals surface area contributed by atoms with Gasteiger partial charge < -0.3 is 10.6 Å². The zero-order valence-electron chi connectivity index (χ0n) is 16.5. The van der Waals surface area contributed by atoms with E-state index in [1.807, 2.05) is 32.0 Å². The Morgan fingerprint density at radius 1 is 0.931 bits per heavy atom. The van der Waals surface area contributed by atoms with Crippen molar-refractivity contribution in [3.05, 3.63) is 76.1 Å². The Morgan fingerprint density at radius 2 is 1.59 bits per heavy atom. The quantitative estimate of drug-likeness (QED) is 0.700. The molecule has 2 N–H and O–H groups in total. The molecule has 0 radical (unpaired) electrons. The fourth-order valence-corrected chi connectivity index (χ4v) is 2.89. The van der Waals surface area contributed by atoms with Crippen molar-refractivity contribution < 1.29 is 9.59 Å². The van der Waals surface area contributed by atoms with Crippen molar-refractivity contribution in [1.82, 2.24) is 9.78 Å². The number of carbonyl (C=O) groups excluding carboxylic acids is 2. The highest BCUT2D eigenvalue weighted by Gasteiger charge is 2.10. The van der Waals surface area contributed by atoms with Crippen LogP contribution < -0.4 is 16.2 Å². The summed E-state index contributed by atoms with van der Waals surface area (Å²) in [4.78, 5) is 35.6. The summed E-state index contributed by atoms with van der Waals surface area (Å²) in [6, 6.07) is 15.8. The molecule has 7 nitrogen and oxygen atoms in total. The van der Waals surface area contributed by atoms with Crippen molar-refractivity contribution in [2.75, 3.05) is 10.6 Å². The molecule has 2 amide bonds. The summed E-state index contributed by atoms with van der Waals surface area (Å²) in [5.41, 5.74) is 4.53. The predicted octanol–water partition coefficient (Wildman–Crippen LogP) is 3.12. The molecule has 7 heteroatoms. The monoisotopic (exact) mass is 390 g/mol. The lowest BCUT2D eigenvalue weighted by molar-refractivity contribution is -0.117. The number of benzene rings is 2. The molecule has 0 aliphatic carbocycles. The predicted molar refractivity (Wildman–Crippen MR) is 113 cm³/mol. The van der Waals surface area contributed by atoms with E-state index in [9.17, 15) is 14.4 Å². The molecule has 0 atom stereocenters. The van der Waals surface area contributed by atoms with Gasteiger partial charge in [-0.05, 0) is 55.8 Å². The average molecular weight is 390 g/mol. The number of rotatable bonds is 5. The third-order valence-electron chi connectivity index (χ3n) is 4.32. The van der Waals surface area contributed by atoms with Crippen molar-refractivity contribution in [3.8, 4) is 11.3 Å². The first-order chi connectivity index (χ1) is 13.8. The third kappa shape index (κ3) is 5.16. The van der Waals surface area contributed by atoms with Gasteiger partial charge in [-0.1, -0.05) is 17.7 Å². The number of hydrogen-bond acceptors (Lipinski definition) is 4. The first kappa shape index (κ1) is 20.0. The molecule has 0 aliphatic heterocycles. The molecule has 1 aromatic heterocycles. The Hall–Kier alpha value is -3.74. The number of carbonyl (C=O) groups is 2. The number of anilines is 2. The van der Waals surface area contributed by atoms with Gasteiger partial charge in [0.15, 0.2) is 0 Å². The summed E-state index contributed by atoms with van der Waals surface area (Å²) in [6.07, 6.45) is 0. The van der Waals surface area contributed by atoms with Gasteiger partial charge in [-0.2, -0.15) is 5.10 Å². The van der Waals surface area contributed by atoms with Crippen LogP contribution in [-0.2, 0) is 16.1 Å². The number of aryl methyl sites for hydroxylation is 2. The summed E-state index contributed by atoms with van der Waals surface area (Å²) >= 11 is 0. The molecule has 1 heterocycles. The minimum atomic E-state index is -0.370. The molecule has 0 saturated heterocycles. The highest BCUT2D eigenvalue weighted by Crippen LogP contribution is 2.21. The van der Waals surface area contributed by atoms with E-state index in [-0.39, 0.29) is 23.9 Å². The molecular weight excluding hydrogens is 368 g/mol. The van der Waals surface area contributed by atoms with Gasteiger partial charge >= 0.3 is 0 Å². The minimum absolute atomic E-state index is 0.170. The molecule has 148 valence electrons.